The lowest BCUT2D eigenvalue weighted by atomic mass is 10.0. The van der Waals surface area contributed by atoms with Crippen LogP contribution in [0, 0.1) is 17.8 Å². The van der Waals surface area contributed by atoms with E-state index in [1.54, 1.807) is 0 Å². The van der Waals surface area contributed by atoms with E-state index in [1.807, 2.05) is 0 Å². The SMILES string of the molecule is CC1CC(NC(C2CC2)C2CC2)=[NH+]C1C.[Cl-]. The molecule has 0 radical (unpaired) electrons. The second-order valence-corrected chi connectivity index (χ2v) is 5.94. The first-order chi connectivity index (χ1) is 7.24. The molecule has 92 valence electrons. The molecule has 0 aromatic rings. The van der Waals surface area contributed by atoms with Gasteiger partial charge in [0, 0.05) is 5.92 Å². The van der Waals surface area contributed by atoms with Crippen LogP contribution < -0.4 is 22.7 Å². The maximum absolute atomic E-state index is 3.81. The predicted molar refractivity (Wildman–Crippen MR) is 61.6 cm³/mol. The zero-order valence-electron chi connectivity index (χ0n) is 10.3. The Hall–Kier alpha value is -0.240. The molecule has 0 aromatic heterocycles. The van der Waals surface area contributed by atoms with Gasteiger partial charge < -0.3 is 12.4 Å². The van der Waals surface area contributed by atoms with E-state index in [0.29, 0.717) is 6.04 Å². The zero-order chi connectivity index (χ0) is 10.4. The monoisotopic (exact) mass is 242 g/mol. The van der Waals surface area contributed by atoms with E-state index < -0.39 is 0 Å². The van der Waals surface area contributed by atoms with Crippen molar-refractivity contribution in [2.24, 2.45) is 17.8 Å². The highest BCUT2D eigenvalue weighted by Gasteiger charge is 2.45. The molecule has 2 saturated carbocycles. The molecule has 2 unspecified atom stereocenters. The topological polar surface area (TPSA) is 26.0 Å². The lowest BCUT2D eigenvalue weighted by Crippen LogP contribution is -3.00. The van der Waals surface area contributed by atoms with Crippen molar-refractivity contribution in [3.63, 3.8) is 0 Å². The van der Waals surface area contributed by atoms with Crippen molar-refractivity contribution in [3.05, 3.63) is 0 Å². The molecule has 0 bridgehead atoms. The molecule has 0 saturated heterocycles. The molecular weight excluding hydrogens is 220 g/mol. The minimum absolute atomic E-state index is 0. The fourth-order valence-corrected chi connectivity index (χ4v) is 2.81. The van der Waals surface area contributed by atoms with Crippen LogP contribution in [0.5, 0.6) is 0 Å². The molecule has 0 aromatic carbocycles. The summed E-state index contributed by atoms with van der Waals surface area (Å²) in [5.74, 6) is 4.22. The highest BCUT2D eigenvalue weighted by Crippen LogP contribution is 2.44. The number of nitrogens with one attached hydrogen (secondary N) is 2. The van der Waals surface area contributed by atoms with E-state index >= 15 is 0 Å². The van der Waals surface area contributed by atoms with Gasteiger partial charge in [-0.3, -0.25) is 10.3 Å². The van der Waals surface area contributed by atoms with Gasteiger partial charge in [0.2, 0.25) is 5.84 Å². The summed E-state index contributed by atoms with van der Waals surface area (Å²) in [6.45, 7) is 4.64. The molecule has 2 aliphatic carbocycles. The summed E-state index contributed by atoms with van der Waals surface area (Å²) in [7, 11) is 0. The smallest absolute Gasteiger partial charge is 0.243 e. The van der Waals surface area contributed by atoms with Crippen LogP contribution in [-0.4, -0.2) is 17.9 Å². The van der Waals surface area contributed by atoms with Crippen LogP contribution in [0.2, 0.25) is 0 Å². The van der Waals surface area contributed by atoms with Gasteiger partial charge in [0.1, 0.15) is 0 Å². The van der Waals surface area contributed by atoms with Gasteiger partial charge in [0.25, 0.3) is 0 Å². The third-order valence-corrected chi connectivity index (χ3v) is 4.38. The summed E-state index contributed by atoms with van der Waals surface area (Å²) in [5.41, 5.74) is 0. The first-order valence-electron chi connectivity index (χ1n) is 6.63. The lowest BCUT2D eigenvalue weighted by Gasteiger charge is -2.12. The first-order valence-corrected chi connectivity index (χ1v) is 6.63. The summed E-state index contributed by atoms with van der Waals surface area (Å²) in [4.78, 5) is 3.60. The molecule has 16 heavy (non-hydrogen) atoms. The Morgan fingerprint density at radius 1 is 1.12 bits per heavy atom. The van der Waals surface area contributed by atoms with Crippen LogP contribution in [0.1, 0.15) is 46.0 Å². The third-order valence-electron chi connectivity index (χ3n) is 4.38. The summed E-state index contributed by atoms with van der Waals surface area (Å²) in [6.07, 6.45) is 7.09. The molecular formula is C13H23ClN2. The Bertz CT molecular complexity index is 270. The standard InChI is InChI=1S/C13H22N2.ClH/c1-8-7-12(14-9(8)2)15-13(10-3-4-10)11-5-6-11;/h8-11,13H,3-7H2,1-2H3,(H,14,15);1H. The maximum atomic E-state index is 3.81. The molecule has 2 atom stereocenters. The Balaban J connectivity index is 0.000000963. The van der Waals surface area contributed by atoms with E-state index in [1.165, 1.54) is 37.9 Å². The molecule has 0 amide bonds. The minimum Gasteiger partial charge on any atom is -1.00 e. The Morgan fingerprint density at radius 3 is 2.06 bits per heavy atom. The average Bonchev–Trinajstić information content (AvgIpc) is 3.07. The maximum Gasteiger partial charge on any atom is 0.243 e. The van der Waals surface area contributed by atoms with Crippen LogP contribution in [0.25, 0.3) is 0 Å². The second kappa shape index (κ2) is 4.56. The molecule has 3 heteroatoms. The van der Waals surface area contributed by atoms with E-state index in [0.717, 1.165) is 23.8 Å². The zero-order valence-corrected chi connectivity index (χ0v) is 11.1. The molecule has 1 heterocycles. The van der Waals surface area contributed by atoms with Crippen molar-refractivity contribution in [1.82, 2.24) is 5.32 Å². The van der Waals surface area contributed by atoms with Crippen LogP contribution in [0.15, 0.2) is 0 Å². The van der Waals surface area contributed by atoms with Gasteiger partial charge in [-0.25, -0.2) is 0 Å². The van der Waals surface area contributed by atoms with E-state index in [4.69, 9.17) is 0 Å². The summed E-state index contributed by atoms with van der Waals surface area (Å²) in [5, 5.41) is 3.81. The number of hydrogen-bond donors (Lipinski definition) is 2. The Morgan fingerprint density at radius 2 is 1.69 bits per heavy atom. The van der Waals surface area contributed by atoms with Crippen molar-refractivity contribution >= 4 is 5.84 Å². The van der Waals surface area contributed by atoms with Crippen molar-refractivity contribution in [3.8, 4) is 0 Å². The lowest BCUT2D eigenvalue weighted by molar-refractivity contribution is -0.497. The van der Waals surface area contributed by atoms with Gasteiger partial charge in [-0.05, 0) is 44.4 Å². The first kappa shape index (κ1) is 12.2. The van der Waals surface area contributed by atoms with Crippen LogP contribution in [-0.2, 0) is 0 Å². The van der Waals surface area contributed by atoms with Crippen LogP contribution >= 0.6 is 0 Å². The van der Waals surface area contributed by atoms with Gasteiger partial charge in [-0.15, -0.1) is 0 Å². The summed E-state index contributed by atoms with van der Waals surface area (Å²) in [6, 6.07) is 1.47. The van der Waals surface area contributed by atoms with Crippen molar-refractivity contribution < 1.29 is 17.4 Å². The van der Waals surface area contributed by atoms with Gasteiger partial charge in [0.15, 0.2) is 0 Å². The molecule has 2 fully saturated rings. The van der Waals surface area contributed by atoms with Crippen molar-refractivity contribution in [2.75, 3.05) is 0 Å². The molecule has 3 aliphatic rings. The van der Waals surface area contributed by atoms with Crippen LogP contribution in [0.3, 0.4) is 0 Å². The third kappa shape index (κ3) is 2.53. The van der Waals surface area contributed by atoms with E-state index in [9.17, 15) is 0 Å². The number of hydrogen-bond acceptors (Lipinski definition) is 1. The van der Waals surface area contributed by atoms with Crippen LogP contribution in [0.4, 0.5) is 0 Å². The van der Waals surface area contributed by atoms with Gasteiger partial charge >= 0.3 is 0 Å². The second-order valence-electron chi connectivity index (χ2n) is 5.94. The predicted octanol–water partition coefficient (Wildman–Crippen LogP) is -2.32. The molecule has 2 nitrogen and oxygen atoms in total. The van der Waals surface area contributed by atoms with Gasteiger partial charge in [-0.2, -0.15) is 0 Å². The Labute approximate surface area is 105 Å². The highest BCUT2D eigenvalue weighted by atomic mass is 35.5. The van der Waals surface area contributed by atoms with E-state index in [-0.39, 0.29) is 12.4 Å². The van der Waals surface area contributed by atoms with Gasteiger partial charge in [-0.1, -0.05) is 6.92 Å². The van der Waals surface area contributed by atoms with E-state index in [2.05, 4.69) is 24.2 Å². The number of halogens is 1. The molecule has 3 rings (SSSR count). The van der Waals surface area contributed by atoms with Crippen molar-refractivity contribution in [2.45, 2.75) is 58.0 Å². The Kier molecular flexibility index (Phi) is 3.48. The van der Waals surface area contributed by atoms with Gasteiger partial charge in [0.05, 0.1) is 18.5 Å². The highest BCUT2D eigenvalue weighted by molar-refractivity contribution is 5.78. The quantitative estimate of drug-likeness (QED) is 0.571. The average molecular weight is 243 g/mol. The summed E-state index contributed by atoms with van der Waals surface area (Å²) < 4.78 is 0. The fourth-order valence-electron chi connectivity index (χ4n) is 2.81. The molecule has 2 N–H and O–H groups in total. The summed E-state index contributed by atoms with van der Waals surface area (Å²) >= 11 is 0. The fraction of sp³-hybridized carbons (Fsp3) is 0.923. The normalized spacial score (nSPS) is 33.6. The van der Waals surface area contributed by atoms with Crippen molar-refractivity contribution in [1.29, 1.82) is 0 Å². The number of rotatable bonds is 3. The minimum atomic E-state index is 0. The molecule has 1 aliphatic heterocycles. The largest absolute Gasteiger partial charge is 1.00 e. The number of amidine groups is 1. The molecule has 0 spiro atoms.